The number of hydrogen-bond donors (Lipinski definition) is 3. The van der Waals surface area contributed by atoms with Gasteiger partial charge in [-0.3, -0.25) is 14.8 Å². The van der Waals surface area contributed by atoms with Crippen LogP contribution in [0.15, 0.2) is 59.8 Å². The van der Waals surface area contributed by atoms with Crippen LogP contribution in [-0.2, 0) is 11.3 Å². The summed E-state index contributed by atoms with van der Waals surface area (Å²) in [5, 5.41) is 27.1. The Hall–Kier alpha value is -3.51. The first kappa shape index (κ1) is 24.1. The van der Waals surface area contributed by atoms with Crippen LogP contribution in [0.4, 0.5) is 13.2 Å². The Bertz CT molecular complexity index is 1170. The van der Waals surface area contributed by atoms with Gasteiger partial charge in [-0.25, -0.2) is 5.48 Å². The molecule has 0 aliphatic carbocycles. The maximum atomic E-state index is 13.4. The van der Waals surface area contributed by atoms with E-state index in [9.17, 15) is 27.9 Å². The smallest absolute Gasteiger partial charge is 0.380 e. The number of hydrogen-bond acceptors (Lipinski definition) is 6. The highest BCUT2D eigenvalue weighted by Gasteiger charge is 2.64. The quantitative estimate of drug-likeness (QED) is 0.364. The van der Waals surface area contributed by atoms with Gasteiger partial charge in [0.05, 0.1) is 23.5 Å². The number of benzene rings is 1. The third-order valence-corrected chi connectivity index (χ3v) is 5.93. The van der Waals surface area contributed by atoms with Crippen LogP contribution in [0.3, 0.4) is 0 Å². The van der Waals surface area contributed by atoms with E-state index >= 15 is 0 Å². The van der Waals surface area contributed by atoms with Gasteiger partial charge in [-0.1, -0.05) is 12.1 Å². The Labute approximate surface area is 186 Å². The molecule has 0 saturated heterocycles. The van der Waals surface area contributed by atoms with Gasteiger partial charge in [-0.05, 0) is 49.6 Å². The molecule has 0 radical (unpaired) electrons. The number of pyridine rings is 1. The van der Waals surface area contributed by atoms with Crippen molar-refractivity contribution in [2.75, 3.05) is 0 Å². The second kappa shape index (κ2) is 8.79. The van der Waals surface area contributed by atoms with E-state index in [-0.39, 0.29) is 6.54 Å². The number of amides is 1. The normalized spacial score (nSPS) is 15.5. The molecule has 33 heavy (non-hydrogen) atoms. The molecule has 0 bridgehead atoms. The molecule has 1 amide bonds. The molecular weight excluding hydrogens is 443 g/mol. The fourth-order valence-electron chi connectivity index (χ4n) is 3.37. The van der Waals surface area contributed by atoms with Gasteiger partial charge in [-0.2, -0.15) is 28.2 Å². The summed E-state index contributed by atoms with van der Waals surface area (Å²) in [6, 6.07) is 9.97. The molecule has 2 aromatic heterocycles. The van der Waals surface area contributed by atoms with Gasteiger partial charge in [0.2, 0.25) is 0 Å². The predicted octanol–water partition coefficient (Wildman–Crippen LogP) is 2.31. The van der Waals surface area contributed by atoms with Crippen LogP contribution in [0.25, 0.3) is 16.8 Å². The average molecular weight is 465 g/mol. The minimum absolute atomic E-state index is 0.306. The molecule has 9 nitrogen and oxygen atoms in total. The van der Waals surface area contributed by atoms with Crippen molar-refractivity contribution in [2.45, 2.75) is 38.6 Å². The number of carbonyl (C=O) groups is 1. The SMILES string of the molecule is CC(CCn1ccc(-c2ccc(-n3nccn3)cc2)cc1=O)(C(=O)NO)C(C)(O)C(F)(F)F. The van der Waals surface area contributed by atoms with Crippen molar-refractivity contribution < 1.29 is 28.3 Å². The molecule has 12 heteroatoms. The molecule has 0 aliphatic rings. The van der Waals surface area contributed by atoms with E-state index in [0.717, 1.165) is 22.7 Å². The summed E-state index contributed by atoms with van der Waals surface area (Å²) in [5.74, 6) is -1.42. The Morgan fingerprint density at radius 3 is 2.18 bits per heavy atom. The van der Waals surface area contributed by atoms with E-state index in [0.29, 0.717) is 12.5 Å². The second-order valence-electron chi connectivity index (χ2n) is 7.91. The van der Waals surface area contributed by atoms with Crippen molar-refractivity contribution >= 4 is 5.91 Å². The zero-order chi connectivity index (χ0) is 24.4. The van der Waals surface area contributed by atoms with Crippen LogP contribution in [0.1, 0.15) is 20.3 Å². The number of aryl methyl sites for hydroxylation is 1. The van der Waals surface area contributed by atoms with E-state index < -0.39 is 35.1 Å². The Balaban J connectivity index is 1.82. The standard InChI is InChI=1S/C21H22F3N5O4/c1-19(18(31)27-33,20(2,32)21(22,23)24)8-12-28-11-7-15(13-17(28)30)14-3-5-16(6-4-14)29-25-9-10-26-29/h3-7,9-11,13,32-33H,8,12H2,1-2H3,(H,27,31). The predicted molar refractivity (Wildman–Crippen MR) is 110 cm³/mol. The summed E-state index contributed by atoms with van der Waals surface area (Å²) in [4.78, 5) is 26.1. The third kappa shape index (κ3) is 4.52. The van der Waals surface area contributed by atoms with Gasteiger partial charge >= 0.3 is 6.18 Å². The molecule has 0 spiro atoms. The van der Waals surface area contributed by atoms with Gasteiger partial charge in [0, 0.05) is 18.8 Å². The van der Waals surface area contributed by atoms with Crippen LogP contribution >= 0.6 is 0 Å². The van der Waals surface area contributed by atoms with Crippen molar-refractivity contribution in [2.24, 2.45) is 5.41 Å². The number of hydroxylamine groups is 1. The topological polar surface area (TPSA) is 122 Å². The number of alkyl halides is 3. The summed E-state index contributed by atoms with van der Waals surface area (Å²) in [7, 11) is 0. The average Bonchev–Trinajstić information content (AvgIpc) is 3.31. The minimum Gasteiger partial charge on any atom is -0.380 e. The van der Waals surface area contributed by atoms with Crippen LogP contribution in [0, 0.1) is 5.41 Å². The van der Waals surface area contributed by atoms with E-state index in [2.05, 4.69) is 10.2 Å². The molecule has 3 rings (SSSR count). The van der Waals surface area contributed by atoms with E-state index in [1.165, 1.54) is 34.9 Å². The lowest BCUT2D eigenvalue weighted by Crippen LogP contribution is -2.61. The molecular formula is C21H22F3N5O4. The maximum absolute atomic E-state index is 13.4. The summed E-state index contributed by atoms with van der Waals surface area (Å²) in [5.41, 5.74) is -3.23. The monoisotopic (exact) mass is 465 g/mol. The number of aromatic nitrogens is 4. The summed E-state index contributed by atoms with van der Waals surface area (Å²) >= 11 is 0. The number of halogens is 3. The zero-order valence-corrected chi connectivity index (χ0v) is 17.7. The van der Waals surface area contributed by atoms with Gasteiger partial charge in [0.1, 0.15) is 0 Å². The molecule has 1 aromatic carbocycles. The molecule has 0 saturated carbocycles. The van der Waals surface area contributed by atoms with Crippen molar-refractivity contribution in [3.63, 3.8) is 0 Å². The zero-order valence-electron chi connectivity index (χ0n) is 17.7. The summed E-state index contributed by atoms with van der Waals surface area (Å²) in [6.45, 7) is 1.02. The highest BCUT2D eigenvalue weighted by Crippen LogP contribution is 2.46. The Kier molecular flexibility index (Phi) is 6.43. The third-order valence-electron chi connectivity index (χ3n) is 5.93. The van der Waals surface area contributed by atoms with Crippen molar-refractivity contribution in [1.29, 1.82) is 0 Å². The van der Waals surface area contributed by atoms with E-state index in [4.69, 9.17) is 5.21 Å². The van der Waals surface area contributed by atoms with Crippen LogP contribution < -0.4 is 11.0 Å². The molecule has 2 unspecified atom stereocenters. The first-order valence-electron chi connectivity index (χ1n) is 9.82. The minimum atomic E-state index is -5.15. The van der Waals surface area contributed by atoms with Crippen LogP contribution in [0.2, 0.25) is 0 Å². The van der Waals surface area contributed by atoms with E-state index in [1.807, 2.05) is 0 Å². The van der Waals surface area contributed by atoms with Gasteiger partial charge in [0.25, 0.3) is 11.5 Å². The molecule has 3 aromatic rings. The van der Waals surface area contributed by atoms with Crippen LogP contribution in [0.5, 0.6) is 0 Å². The number of nitrogens with zero attached hydrogens (tertiary/aromatic N) is 4. The second-order valence-corrected chi connectivity index (χ2v) is 7.91. The maximum Gasteiger partial charge on any atom is 0.417 e. The van der Waals surface area contributed by atoms with E-state index in [1.54, 1.807) is 30.3 Å². The lowest BCUT2D eigenvalue weighted by molar-refractivity contribution is -0.289. The molecule has 3 N–H and O–H groups in total. The lowest BCUT2D eigenvalue weighted by atomic mass is 9.70. The van der Waals surface area contributed by atoms with Gasteiger partial charge in [0.15, 0.2) is 5.60 Å². The largest absolute Gasteiger partial charge is 0.417 e. The van der Waals surface area contributed by atoms with Crippen molar-refractivity contribution in [1.82, 2.24) is 25.0 Å². The summed E-state index contributed by atoms with van der Waals surface area (Å²) < 4.78 is 41.3. The lowest BCUT2D eigenvalue weighted by Gasteiger charge is -2.41. The summed E-state index contributed by atoms with van der Waals surface area (Å²) in [6.07, 6.45) is -1.26. The Morgan fingerprint density at radius 2 is 1.67 bits per heavy atom. The molecule has 176 valence electrons. The fraction of sp³-hybridized carbons (Fsp3) is 0.333. The molecule has 2 heterocycles. The molecule has 0 aliphatic heterocycles. The van der Waals surface area contributed by atoms with Crippen LogP contribution in [-0.4, -0.2) is 47.6 Å². The van der Waals surface area contributed by atoms with Crippen molar-refractivity contribution in [3.05, 3.63) is 65.3 Å². The van der Waals surface area contributed by atoms with Crippen molar-refractivity contribution in [3.8, 4) is 16.8 Å². The highest BCUT2D eigenvalue weighted by molar-refractivity contribution is 5.82. The molecule has 0 fully saturated rings. The number of carbonyl (C=O) groups excluding carboxylic acids is 1. The number of aliphatic hydroxyl groups is 1. The Morgan fingerprint density at radius 1 is 1.06 bits per heavy atom. The number of nitrogens with one attached hydrogen (secondary N) is 1. The first-order chi connectivity index (χ1) is 15.4. The number of rotatable bonds is 7. The fourth-order valence-corrected chi connectivity index (χ4v) is 3.37. The first-order valence-corrected chi connectivity index (χ1v) is 9.82. The van der Waals surface area contributed by atoms with Gasteiger partial charge in [-0.15, -0.1) is 0 Å². The highest BCUT2D eigenvalue weighted by atomic mass is 19.4. The van der Waals surface area contributed by atoms with Gasteiger partial charge < -0.3 is 9.67 Å². The molecule has 2 atom stereocenters.